The normalized spacial score (nSPS) is 11.6. The smallest absolute Gasteiger partial charge is 0.0192 e. The average molecular weight is 214 g/mol. The van der Waals surface area contributed by atoms with Gasteiger partial charge in [0.25, 0.3) is 0 Å². The highest BCUT2D eigenvalue weighted by Gasteiger charge is 2.08. The quantitative estimate of drug-likeness (QED) is 0.660. The molecule has 0 N–H and O–H groups in total. The van der Waals surface area contributed by atoms with E-state index in [1.807, 2.05) is 6.08 Å². The first-order valence-corrected chi connectivity index (χ1v) is 6.09. The maximum absolute atomic E-state index is 3.93. The molecule has 0 amide bonds. The molecule has 0 unspecified atom stereocenters. The van der Waals surface area contributed by atoms with Crippen LogP contribution in [0.4, 0.5) is 0 Å². The monoisotopic (exact) mass is 214 g/mol. The second-order valence-electron chi connectivity index (χ2n) is 4.04. The molecule has 0 heterocycles. The van der Waals surface area contributed by atoms with Crippen molar-refractivity contribution in [2.24, 2.45) is 0 Å². The van der Waals surface area contributed by atoms with Gasteiger partial charge >= 0.3 is 0 Å². The van der Waals surface area contributed by atoms with E-state index in [0.717, 1.165) is 12.8 Å². The predicted molar refractivity (Wildman–Crippen MR) is 74.6 cm³/mol. The molecule has 0 atom stereocenters. The van der Waals surface area contributed by atoms with Crippen LogP contribution in [0.5, 0.6) is 0 Å². The van der Waals surface area contributed by atoms with Crippen LogP contribution >= 0.6 is 0 Å². The highest BCUT2D eigenvalue weighted by molar-refractivity contribution is 5.72. The van der Waals surface area contributed by atoms with E-state index in [9.17, 15) is 0 Å². The molecule has 0 aromatic heterocycles. The van der Waals surface area contributed by atoms with E-state index in [2.05, 4.69) is 52.5 Å². The van der Waals surface area contributed by atoms with Crippen molar-refractivity contribution < 1.29 is 0 Å². The Labute approximate surface area is 99.7 Å². The summed E-state index contributed by atoms with van der Waals surface area (Å²) in [5.74, 6) is 0. The molecule has 0 bridgehead atoms. The lowest BCUT2D eigenvalue weighted by Crippen LogP contribution is -1.96. The molecular formula is C16H22. The summed E-state index contributed by atoms with van der Waals surface area (Å²) in [6.45, 7) is 12.6. The fraction of sp³-hybridized carbons (Fsp3) is 0.375. The topological polar surface area (TPSA) is 0 Å². The second-order valence-corrected chi connectivity index (χ2v) is 4.04. The molecule has 0 heteroatoms. The summed E-state index contributed by atoms with van der Waals surface area (Å²) in [6, 6.07) is 4.48. The van der Waals surface area contributed by atoms with Gasteiger partial charge in [-0.25, -0.2) is 0 Å². The first-order valence-electron chi connectivity index (χ1n) is 6.09. The van der Waals surface area contributed by atoms with Gasteiger partial charge in [0, 0.05) is 0 Å². The summed E-state index contributed by atoms with van der Waals surface area (Å²) in [6.07, 6.45) is 6.35. The lowest BCUT2D eigenvalue weighted by Gasteiger charge is -2.14. The molecule has 0 nitrogen and oxygen atoms in total. The average Bonchev–Trinajstić information content (AvgIpc) is 2.32. The van der Waals surface area contributed by atoms with Crippen LogP contribution in [0.15, 0.2) is 24.8 Å². The lowest BCUT2D eigenvalue weighted by atomic mass is 9.91. The Morgan fingerprint density at radius 1 is 1.31 bits per heavy atom. The van der Waals surface area contributed by atoms with Crippen LogP contribution < -0.4 is 0 Å². The SMILES string of the molecule is C=Cc1c(CC)ccc(/C(=C\C)CC)c1C. The van der Waals surface area contributed by atoms with Crippen LogP contribution in [0.3, 0.4) is 0 Å². The summed E-state index contributed by atoms with van der Waals surface area (Å²) in [5.41, 5.74) is 6.86. The van der Waals surface area contributed by atoms with Crippen LogP contribution in [-0.4, -0.2) is 0 Å². The van der Waals surface area contributed by atoms with Crippen LogP contribution in [0.25, 0.3) is 11.6 Å². The van der Waals surface area contributed by atoms with Gasteiger partial charge in [0.05, 0.1) is 0 Å². The molecule has 86 valence electrons. The number of aryl methyl sites for hydroxylation is 1. The van der Waals surface area contributed by atoms with Gasteiger partial charge < -0.3 is 0 Å². The summed E-state index contributed by atoms with van der Waals surface area (Å²) in [4.78, 5) is 0. The second kappa shape index (κ2) is 5.69. The minimum atomic E-state index is 1.07. The Morgan fingerprint density at radius 2 is 2.00 bits per heavy atom. The Morgan fingerprint density at radius 3 is 2.44 bits per heavy atom. The van der Waals surface area contributed by atoms with Gasteiger partial charge in [-0.05, 0) is 54.5 Å². The van der Waals surface area contributed by atoms with E-state index in [0.29, 0.717) is 0 Å². The van der Waals surface area contributed by atoms with Gasteiger partial charge in [-0.3, -0.25) is 0 Å². The van der Waals surface area contributed by atoms with Crippen molar-refractivity contribution in [2.45, 2.75) is 40.5 Å². The third-order valence-electron chi connectivity index (χ3n) is 3.27. The number of allylic oxidation sites excluding steroid dienone is 2. The fourth-order valence-corrected chi connectivity index (χ4v) is 2.28. The Balaban J connectivity index is 3.40. The molecular weight excluding hydrogens is 192 g/mol. The maximum atomic E-state index is 3.93. The van der Waals surface area contributed by atoms with Gasteiger partial charge in [0.1, 0.15) is 0 Å². The highest BCUT2D eigenvalue weighted by Crippen LogP contribution is 2.27. The third kappa shape index (κ3) is 2.27. The van der Waals surface area contributed by atoms with E-state index in [1.165, 1.54) is 27.8 Å². The van der Waals surface area contributed by atoms with E-state index in [1.54, 1.807) is 0 Å². The van der Waals surface area contributed by atoms with Crippen LogP contribution in [-0.2, 0) is 6.42 Å². The molecule has 0 fully saturated rings. The first-order chi connectivity index (χ1) is 7.69. The van der Waals surface area contributed by atoms with Crippen molar-refractivity contribution in [1.82, 2.24) is 0 Å². The molecule has 0 spiro atoms. The van der Waals surface area contributed by atoms with Crippen LogP contribution in [0.2, 0.25) is 0 Å². The van der Waals surface area contributed by atoms with E-state index in [-0.39, 0.29) is 0 Å². The zero-order chi connectivity index (χ0) is 12.1. The van der Waals surface area contributed by atoms with Crippen molar-refractivity contribution in [3.8, 4) is 0 Å². The molecule has 0 aliphatic rings. The molecule has 0 aliphatic heterocycles. The number of hydrogen-bond acceptors (Lipinski definition) is 0. The van der Waals surface area contributed by atoms with Crippen molar-refractivity contribution >= 4 is 11.6 Å². The first kappa shape index (κ1) is 12.8. The van der Waals surface area contributed by atoms with E-state index >= 15 is 0 Å². The Bertz CT molecular complexity index is 408. The van der Waals surface area contributed by atoms with Crippen molar-refractivity contribution in [3.05, 3.63) is 47.0 Å². The molecule has 0 radical (unpaired) electrons. The Hall–Kier alpha value is -1.30. The molecule has 16 heavy (non-hydrogen) atoms. The van der Waals surface area contributed by atoms with Crippen molar-refractivity contribution in [2.75, 3.05) is 0 Å². The molecule has 1 rings (SSSR count). The zero-order valence-electron chi connectivity index (χ0n) is 10.9. The molecule has 1 aromatic rings. The van der Waals surface area contributed by atoms with Gasteiger partial charge in [0.2, 0.25) is 0 Å². The predicted octanol–water partition coefficient (Wildman–Crippen LogP) is 5.01. The summed E-state index contributed by atoms with van der Waals surface area (Å²) < 4.78 is 0. The molecule has 0 aliphatic carbocycles. The minimum Gasteiger partial charge on any atom is -0.0984 e. The molecule has 0 saturated heterocycles. The summed E-state index contributed by atoms with van der Waals surface area (Å²) >= 11 is 0. The third-order valence-corrected chi connectivity index (χ3v) is 3.27. The minimum absolute atomic E-state index is 1.07. The maximum Gasteiger partial charge on any atom is -0.0192 e. The number of rotatable bonds is 4. The fourth-order valence-electron chi connectivity index (χ4n) is 2.28. The largest absolute Gasteiger partial charge is 0.0984 e. The number of hydrogen-bond donors (Lipinski definition) is 0. The van der Waals surface area contributed by atoms with E-state index < -0.39 is 0 Å². The van der Waals surface area contributed by atoms with Gasteiger partial charge in [0.15, 0.2) is 0 Å². The van der Waals surface area contributed by atoms with Crippen LogP contribution in [0, 0.1) is 6.92 Å². The Kier molecular flexibility index (Phi) is 4.54. The standard InChI is InChI=1S/C16H22/c1-6-13(7-2)16-11-10-14(8-3)15(9-4)12(16)5/h6,9-11H,4,7-8H2,1-3,5H3/b13-6-. The number of benzene rings is 1. The van der Waals surface area contributed by atoms with Gasteiger partial charge in [-0.1, -0.05) is 44.7 Å². The van der Waals surface area contributed by atoms with Gasteiger partial charge in [-0.2, -0.15) is 0 Å². The van der Waals surface area contributed by atoms with Crippen molar-refractivity contribution in [3.63, 3.8) is 0 Å². The zero-order valence-corrected chi connectivity index (χ0v) is 10.9. The molecule has 0 saturated carbocycles. The molecule has 1 aromatic carbocycles. The van der Waals surface area contributed by atoms with Gasteiger partial charge in [-0.15, -0.1) is 0 Å². The lowest BCUT2D eigenvalue weighted by molar-refractivity contribution is 1.11. The van der Waals surface area contributed by atoms with Crippen molar-refractivity contribution in [1.29, 1.82) is 0 Å². The van der Waals surface area contributed by atoms with Crippen LogP contribution in [0.1, 0.15) is 49.4 Å². The summed E-state index contributed by atoms with van der Waals surface area (Å²) in [5, 5.41) is 0. The highest BCUT2D eigenvalue weighted by atomic mass is 14.1. The van der Waals surface area contributed by atoms with E-state index in [4.69, 9.17) is 0 Å². The summed E-state index contributed by atoms with van der Waals surface area (Å²) in [7, 11) is 0.